The molecule has 2 aliphatic rings. The number of benzene rings is 6. The summed E-state index contributed by atoms with van der Waals surface area (Å²) in [4.78, 5) is 96.1. The lowest BCUT2D eigenvalue weighted by Crippen LogP contribution is -2.25. The van der Waals surface area contributed by atoms with Gasteiger partial charge in [-0.05, 0) is 54.8 Å². The molecule has 0 saturated carbocycles. The molecule has 4 N–H and O–H groups in total. The number of carbonyl (C=O) groups is 6. The van der Waals surface area contributed by atoms with Crippen molar-refractivity contribution < 1.29 is 28.8 Å². The van der Waals surface area contributed by atoms with E-state index in [1.54, 1.807) is 128 Å². The number of hydrogen-bond donors (Lipinski definition) is 4. The summed E-state index contributed by atoms with van der Waals surface area (Å²) in [7, 11) is 0. The fourth-order valence-corrected chi connectivity index (χ4v) is 7.62. The van der Waals surface area contributed by atoms with Crippen molar-refractivity contribution in [1.29, 1.82) is 0 Å². The molecule has 0 radical (unpaired) electrons. The number of nitrogens with zero attached hydrogens (tertiary/aromatic N) is 3. The summed E-state index contributed by atoms with van der Waals surface area (Å²) in [6, 6.07) is 36.1. The minimum atomic E-state index is -0.449. The Balaban J connectivity index is 1.01. The van der Waals surface area contributed by atoms with Gasteiger partial charge in [-0.25, -0.2) is 0 Å². The van der Waals surface area contributed by atoms with Gasteiger partial charge in [0, 0.05) is 33.4 Å². The summed E-state index contributed by atoms with van der Waals surface area (Å²) in [6.45, 7) is 0. The molecule has 0 unspecified atom stereocenters. The first-order chi connectivity index (χ1) is 29.2. The molecule has 0 spiro atoms. The Morgan fingerprint density at radius 3 is 1.10 bits per heavy atom. The first-order valence-electron chi connectivity index (χ1n) is 18.5. The van der Waals surface area contributed by atoms with Gasteiger partial charge in [-0.15, -0.1) is 0 Å². The van der Waals surface area contributed by atoms with Crippen molar-refractivity contribution in [2.45, 2.75) is 5.16 Å². The molecule has 0 atom stereocenters. The number of ketones is 4. The molecule has 2 aliphatic carbocycles. The highest BCUT2D eigenvalue weighted by Gasteiger charge is 2.36. The Labute approximate surface area is 345 Å². The fraction of sp³-hybridized carbons (Fsp3) is 0.0217. The molecule has 6 aromatic carbocycles. The molecule has 0 bridgehead atoms. The number of thioether (sulfide) groups is 1. The molecule has 9 rings (SSSR count). The van der Waals surface area contributed by atoms with E-state index >= 15 is 0 Å². The van der Waals surface area contributed by atoms with Crippen molar-refractivity contribution >= 4 is 81.4 Å². The Morgan fingerprint density at radius 2 is 0.750 bits per heavy atom. The van der Waals surface area contributed by atoms with Gasteiger partial charge in [-0.3, -0.25) is 28.8 Å². The number of anilines is 6. The molecular formula is C46H29N7O6S. The van der Waals surface area contributed by atoms with Gasteiger partial charge >= 0.3 is 0 Å². The van der Waals surface area contributed by atoms with Crippen molar-refractivity contribution in [1.82, 2.24) is 15.0 Å². The van der Waals surface area contributed by atoms with Crippen LogP contribution in [0.5, 0.6) is 0 Å². The maximum atomic E-state index is 14.2. The van der Waals surface area contributed by atoms with Gasteiger partial charge < -0.3 is 21.3 Å². The maximum absolute atomic E-state index is 14.2. The quantitative estimate of drug-likeness (QED) is 0.103. The van der Waals surface area contributed by atoms with Crippen molar-refractivity contribution in [2.24, 2.45) is 0 Å². The van der Waals surface area contributed by atoms with Gasteiger partial charge in [0.15, 0.2) is 28.3 Å². The number of carbonyl (C=O) groups excluding carboxylic acids is 6. The predicted molar refractivity (Wildman–Crippen MR) is 226 cm³/mol. The average Bonchev–Trinajstić information content (AvgIpc) is 3.27. The fourth-order valence-electron chi connectivity index (χ4n) is 7.27. The monoisotopic (exact) mass is 807 g/mol. The Morgan fingerprint density at radius 1 is 0.417 bits per heavy atom. The predicted octanol–water partition coefficient (Wildman–Crippen LogP) is 8.14. The minimum absolute atomic E-state index is 0.0246. The Bertz CT molecular complexity index is 2800. The largest absolute Gasteiger partial charge is 0.323 e. The zero-order valence-electron chi connectivity index (χ0n) is 31.4. The summed E-state index contributed by atoms with van der Waals surface area (Å²) < 4.78 is 0. The van der Waals surface area contributed by atoms with Crippen molar-refractivity contribution in [3.63, 3.8) is 0 Å². The summed E-state index contributed by atoms with van der Waals surface area (Å²) in [5, 5.41) is 12.0. The third-order valence-corrected chi connectivity index (χ3v) is 10.6. The van der Waals surface area contributed by atoms with Crippen molar-refractivity contribution in [3.8, 4) is 0 Å². The van der Waals surface area contributed by atoms with E-state index < -0.39 is 34.9 Å². The van der Waals surface area contributed by atoms with Crippen LogP contribution in [0.2, 0.25) is 0 Å². The van der Waals surface area contributed by atoms with E-state index in [0.29, 0.717) is 11.1 Å². The molecular weight excluding hydrogens is 779 g/mol. The van der Waals surface area contributed by atoms with E-state index in [2.05, 4.69) is 36.2 Å². The van der Waals surface area contributed by atoms with Gasteiger partial charge in [-0.1, -0.05) is 96.7 Å². The summed E-state index contributed by atoms with van der Waals surface area (Å²) >= 11 is 1.22. The SMILES string of the molecule is CSc1nc(Nc2cccc3c2C(=O)c2cccc(NC(=O)c4ccccc4)c2C3=O)nc(Nc2cccc3c2C(=O)c2cccc(NC(=O)c4ccccc4)c2C3=O)n1. The van der Waals surface area contributed by atoms with E-state index in [9.17, 15) is 28.8 Å². The van der Waals surface area contributed by atoms with Crippen LogP contribution in [0.15, 0.2) is 139 Å². The van der Waals surface area contributed by atoms with E-state index in [0.717, 1.165) is 0 Å². The number of hydrogen-bond acceptors (Lipinski definition) is 12. The lowest BCUT2D eigenvalue weighted by atomic mass is 9.82. The standard InChI is InChI=1S/C46H29N7O6S/c1-60-46-52-44(49-32-22-10-18-28-36(32)40(56)26-16-8-20-30(34(26)38(28)54)47-42(58)24-12-4-2-5-13-24)51-45(53-46)50-33-23-11-19-29-37(33)41(57)27-17-9-21-31(35(27)39(29)55)48-43(59)25-14-6-3-7-15-25/h2-23H,1H3,(H,47,58)(H,48,59)(H2,49,50,51,52,53). The van der Waals surface area contributed by atoms with Crippen LogP contribution in [0.4, 0.5) is 34.6 Å². The van der Waals surface area contributed by atoms with Gasteiger partial charge in [0.05, 0.1) is 45.0 Å². The normalized spacial score (nSPS) is 12.4. The van der Waals surface area contributed by atoms with E-state index in [-0.39, 0.29) is 84.3 Å². The first-order valence-corrected chi connectivity index (χ1v) is 19.7. The summed E-state index contributed by atoms with van der Waals surface area (Å²) in [5.74, 6) is -2.59. The summed E-state index contributed by atoms with van der Waals surface area (Å²) in [5.41, 5.74) is 2.58. The molecule has 2 amide bonds. The molecule has 13 nitrogen and oxygen atoms in total. The van der Waals surface area contributed by atoms with Crippen molar-refractivity contribution in [2.75, 3.05) is 27.5 Å². The molecule has 14 heteroatoms. The van der Waals surface area contributed by atoms with Gasteiger partial charge in [-0.2, -0.15) is 15.0 Å². The van der Waals surface area contributed by atoms with Gasteiger partial charge in [0.25, 0.3) is 11.8 Å². The van der Waals surface area contributed by atoms with Gasteiger partial charge in [0.2, 0.25) is 11.9 Å². The van der Waals surface area contributed by atoms with Crippen LogP contribution in [0.3, 0.4) is 0 Å². The second kappa shape index (κ2) is 15.3. The zero-order chi connectivity index (χ0) is 41.5. The smallest absolute Gasteiger partial charge is 0.255 e. The third kappa shape index (κ3) is 6.66. The highest BCUT2D eigenvalue weighted by molar-refractivity contribution is 7.98. The second-order valence-electron chi connectivity index (χ2n) is 13.6. The minimum Gasteiger partial charge on any atom is -0.323 e. The topological polar surface area (TPSA) is 189 Å². The molecule has 60 heavy (non-hydrogen) atoms. The van der Waals surface area contributed by atoms with Crippen LogP contribution in [-0.4, -0.2) is 56.2 Å². The molecule has 7 aromatic rings. The number of rotatable bonds is 9. The maximum Gasteiger partial charge on any atom is 0.255 e. The van der Waals surface area contributed by atoms with Crippen LogP contribution in [0.25, 0.3) is 0 Å². The van der Waals surface area contributed by atoms with Gasteiger partial charge in [0.1, 0.15) is 0 Å². The lowest BCUT2D eigenvalue weighted by molar-refractivity contribution is 0.0979. The lowest BCUT2D eigenvalue weighted by Gasteiger charge is -2.23. The Kier molecular flexibility index (Phi) is 9.58. The first kappa shape index (κ1) is 37.5. The van der Waals surface area contributed by atoms with Crippen LogP contribution >= 0.6 is 11.8 Å². The summed E-state index contributed by atoms with van der Waals surface area (Å²) in [6.07, 6.45) is 1.76. The van der Waals surface area contributed by atoms with E-state index in [1.807, 2.05) is 0 Å². The molecule has 290 valence electrons. The van der Waals surface area contributed by atoms with Crippen LogP contribution in [0.1, 0.15) is 84.4 Å². The van der Waals surface area contributed by atoms with E-state index in [4.69, 9.17) is 0 Å². The van der Waals surface area contributed by atoms with Crippen LogP contribution in [-0.2, 0) is 0 Å². The molecule has 1 aromatic heterocycles. The second-order valence-corrected chi connectivity index (χ2v) is 14.4. The van der Waals surface area contributed by atoms with Crippen LogP contribution < -0.4 is 21.3 Å². The third-order valence-electron chi connectivity index (χ3n) is 10.0. The van der Waals surface area contributed by atoms with Crippen molar-refractivity contribution in [3.05, 3.63) is 189 Å². The number of amides is 2. The number of aromatic nitrogens is 3. The highest BCUT2D eigenvalue weighted by Crippen LogP contribution is 2.38. The zero-order valence-corrected chi connectivity index (χ0v) is 32.2. The number of fused-ring (bicyclic) bond motifs is 4. The highest BCUT2D eigenvalue weighted by atomic mass is 32.2. The molecule has 1 heterocycles. The van der Waals surface area contributed by atoms with E-state index in [1.165, 1.54) is 23.9 Å². The molecule has 0 aliphatic heterocycles. The number of nitrogens with one attached hydrogen (secondary N) is 4. The average molecular weight is 808 g/mol. The van der Waals surface area contributed by atoms with Crippen LogP contribution in [0, 0.1) is 0 Å². The molecule has 0 fully saturated rings. The Hall–Kier alpha value is -8.10. The molecule has 0 saturated heterocycles.